The molecule has 0 atom stereocenters. The summed E-state index contributed by atoms with van der Waals surface area (Å²) in [4.78, 5) is 35.6. The van der Waals surface area contributed by atoms with Crippen LogP contribution in [-0.4, -0.2) is 89.7 Å². The zero-order chi connectivity index (χ0) is 19.3. The molecule has 0 bridgehead atoms. The average Bonchev–Trinajstić information content (AvgIpc) is 2.79. The molecule has 2 aliphatic rings. The fourth-order valence-electron chi connectivity index (χ4n) is 3.51. The van der Waals surface area contributed by atoms with E-state index in [1.54, 1.807) is 15.9 Å². The normalized spacial score (nSPS) is 17.6. The van der Waals surface area contributed by atoms with E-state index in [9.17, 15) is 9.59 Å². The van der Waals surface area contributed by atoms with E-state index in [1.165, 1.54) is 0 Å². The average molecular weight is 381 g/mol. The molecule has 0 radical (unpaired) electrons. The molecule has 2 saturated heterocycles. The summed E-state index contributed by atoms with van der Waals surface area (Å²) in [7, 11) is 0. The lowest BCUT2D eigenvalue weighted by Gasteiger charge is -2.35. The maximum absolute atomic E-state index is 12.6. The van der Waals surface area contributed by atoms with Crippen LogP contribution in [0.2, 0.25) is 0 Å². The van der Waals surface area contributed by atoms with Crippen molar-refractivity contribution in [2.24, 2.45) is 0 Å². The van der Waals surface area contributed by atoms with E-state index in [4.69, 9.17) is 0 Å². The summed E-state index contributed by atoms with van der Waals surface area (Å²) >= 11 is 0. The van der Waals surface area contributed by atoms with Crippen LogP contribution in [0.3, 0.4) is 0 Å². The van der Waals surface area contributed by atoms with Crippen LogP contribution < -0.4 is 9.80 Å². The Bertz CT molecular complexity index is 799. The number of amides is 2. The van der Waals surface area contributed by atoms with Gasteiger partial charge in [-0.25, -0.2) is 4.98 Å². The SMILES string of the molecule is O=CN1CCN(C(=O)c2ccc(N3CCN(c4ccccn4)CC3)nn2)CC1. The van der Waals surface area contributed by atoms with Crippen LogP contribution in [0.25, 0.3) is 0 Å². The standard InChI is InChI=1S/C19H23N7O2/c27-15-23-7-9-26(10-8-23)19(28)16-4-5-18(22-21-16)25-13-11-24(12-14-25)17-3-1-2-6-20-17/h1-6,15H,7-14H2. The minimum atomic E-state index is -0.135. The summed E-state index contributed by atoms with van der Waals surface area (Å²) in [5, 5.41) is 8.43. The first kappa shape index (κ1) is 18.1. The van der Waals surface area contributed by atoms with Gasteiger partial charge in [-0.2, -0.15) is 0 Å². The minimum absolute atomic E-state index is 0.135. The number of piperazine rings is 2. The first-order chi connectivity index (χ1) is 13.7. The van der Waals surface area contributed by atoms with Crippen LogP contribution in [0.5, 0.6) is 0 Å². The Hall–Kier alpha value is -3.23. The van der Waals surface area contributed by atoms with Gasteiger partial charge in [-0.1, -0.05) is 6.07 Å². The second kappa shape index (κ2) is 8.20. The number of pyridine rings is 1. The third-order valence-corrected chi connectivity index (χ3v) is 5.20. The molecule has 4 rings (SSSR count). The van der Waals surface area contributed by atoms with Gasteiger partial charge in [-0.15, -0.1) is 10.2 Å². The van der Waals surface area contributed by atoms with Crippen LogP contribution in [-0.2, 0) is 4.79 Å². The quantitative estimate of drug-likeness (QED) is 0.695. The summed E-state index contributed by atoms with van der Waals surface area (Å²) < 4.78 is 0. The molecule has 2 fully saturated rings. The van der Waals surface area contributed by atoms with Gasteiger partial charge in [-0.05, 0) is 24.3 Å². The van der Waals surface area contributed by atoms with E-state index in [0.717, 1.165) is 44.2 Å². The van der Waals surface area contributed by atoms with Gasteiger partial charge < -0.3 is 19.6 Å². The van der Waals surface area contributed by atoms with Crippen LogP contribution >= 0.6 is 0 Å². The number of rotatable bonds is 4. The summed E-state index contributed by atoms with van der Waals surface area (Å²) in [6.45, 7) is 5.54. The number of anilines is 2. The van der Waals surface area contributed by atoms with Gasteiger partial charge in [0.05, 0.1) is 0 Å². The minimum Gasteiger partial charge on any atom is -0.353 e. The van der Waals surface area contributed by atoms with E-state index >= 15 is 0 Å². The lowest BCUT2D eigenvalue weighted by atomic mass is 10.2. The van der Waals surface area contributed by atoms with E-state index in [2.05, 4.69) is 25.0 Å². The maximum atomic E-state index is 12.6. The molecule has 0 spiro atoms. The smallest absolute Gasteiger partial charge is 0.274 e. The van der Waals surface area contributed by atoms with Crippen molar-refractivity contribution in [3.8, 4) is 0 Å². The Morgan fingerprint density at radius 1 is 0.821 bits per heavy atom. The molecule has 2 aromatic rings. The number of carbonyl (C=O) groups is 2. The van der Waals surface area contributed by atoms with Crippen molar-refractivity contribution in [1.29, 1.82) is 0 Å². The highest BCUT2D eigenvalue weighted by molar-refractivity contribution is 5.92. The molecular formula is C19H23N7O2. The van der Waals surface area contributed by atoms with Crippen molar-refractivity contribution in [2.75, 3.05) is 62.2 Å². The number of hydrogen-bond acceptors (Lipinski definition) is 7. The van der Waals surface area contributed by atoms with E-state index in [1.807, 2.05) is 30.5 Å². The van der Waals surface area contributed by atoms with Crippen LogP contribution in [0.1, 0.15) is 10.5 Å². The third-order valence-electron chi connectivity index (χ3n) is 5.20. The highest BCUT2D eigenvalue weighted by Crippen LogP contribution is 2.17. The van der Waals surface area contributed by atoms with E-state index in [-0.39, 0.29) is 5.91 Å². The molecule has 9 heteroatoms. The van der Waals surface area contributed by atoms with Gasteiger partial charge in [-0.3, -0.25) is 9.59 Å². The zero-order valence-electron chi connectivity index (χ0n) is 15.6. The first-order valence-corrected chi connectivity index (χ1v) is 9.48. The zero-order valence-corrected chi connectivity index (χ0v) is 15.6. The summed E-state index contributed by atoms with van der Waals surface area (Å²) in [6, 6.07) is 9.53. The number of carbonyl (C=O) groups excluding carboxylic acids is 2. The van der Waals surface area contributed by atoms with Crippen molar-refractivity contribution in [3.05, 3.63) is 42.2 Å². The van der Waals surface area contributed by atoms with Crippen LogP contribution in [0.15, 0.2) is 36.5 Å². The van der Waals surface area contributed by atoms with E-state index in [0.29, 0.717) is 31.9 Å². The lowest BCUT2D eigenvalue weighted by Crippen LogP contribution is -2.48. The van der Waals surface area contributed by atoms with Gasteiger partial charge in [0.2, 0.25) is 6.41 Å². The molecule has 0 N–H and O–H groups in total. The molecule has 2 amide bonds. The second-order valence-corrected chi connectivity index (χ2v) is 6.87. The number of nitrogens with zero attached hydrogens (tertiary/aromatic N) is 7. The van der Waals surface area contributed by atoms with Gasteiger partial charge in [0.25, 0.3) is 5.91 Å². The number of aromatic nitrogens is 3. The highest BCUT2D eigenvalue weighted by Gasteiger charge is 2.24. The molecule has 0 unspecified atom stereocenters. The van der Waals surface area contributed by atoms with Gasteiger partial charge in [0.15, 0.2) is 11.5 Å². The second-order valence-electron chi connectivity index (χ2n) is 6.87. The topological polar surface area (TPSA) is 85.8 Å². The Morgan fingerprint density at radius 3 is 2.11 bits per heavy atom. The van der Waals surface area contributed by atoms with Crippen LogP contribution in [0.4, 0.5) is 11.6 Å². The summed E-state index contributed by atoms with van der Waals surface area (Å²) in [6.07, 6.45) is 2.63. The Kier molecular flexibility index (Phi) is 5.31. The molecule has 0 aromatic carbocycles. The highest BCUT2D eigenvalue weighted by atomic mass is 16.2. The largest absolute Gasteiger partial charge is 0.353 e. The Labute approximate surface area is 163 Å². The Morgan fingerprint density at radius 2 is 1.54 bits per heavy atom. The molecule has 28 heavy (non-hydrogen) atoms. The maximum Gasteiger partial charge on any atom is 0.274 e. The van der Waals surface area contributed by atoms with Crippen molar-refractivity contribution in [3.63, 3.8) is 0 Å². The lowest BCUT2D eigenvalue weighted by molar-refractivity contribution is -0.119. The molecule has 0 saturated carbocycles. The van der Waals surface area contributed by atoms with E-state index < -0.39 is 0 Å². The fourth-order valence-corrected chi connectivity index (χ4v) is 3.51. The molecule has 2 aliphatic heterocycles. The van der Waals surface area contributed by atoms with Crippen molar-refractivity contribution in [1.82, 2.24) is 25.0 Å². The van der Waals surface area contributed by atoms with Crippen molar-refractivity contribution < 1.29 is 9.59 Å². The summed E-state index contributed by atoms with van der Waals surface area (Å²) in [5.41, 5.74) is 0.343. The third kappa shape index (κ3) is 3.88. The van der Waals surface area contributed by atoms with Crippen LogP contribution in [0, 0.1) is 0 Å². The summed E-state index contributed by atoms with van der Waals surface area (Å²) in [5.74, 6) is 1.64. The Balaban J connectivity index is 1.34. The molecule has 4 heterocycles. The van der Waals surface area contributed by atoms with Crippen molar-refractivity contribution in [2.45, 2.75) is 0 Å². The monoisotopic (exact) mass is 381 g/mol. The predicted octanol–water partition coefficient (Wildman–Crippen LogP) is 0.112. The molecule has 0 aliphatic carbocycles. The molecular weight excluding hydrogens is 358 g/mol. The van der Waals surface area contributed by atoms with Gasteiger partial charge >= 0.3 is 0 Å². The first-order valence-electron chi connectivity index (χ1n) is 9.48. The molecule has 146 valence electrons. The predicted molar refractivity (Wildman–Crippen MR) is 104 cm³/mol. The molecule has 2 aromatic heterocycles. The molecule has 9 nitrogen and oxygen atoms in total. The van der Waals surface area contributed by atoms with Gasteiger partial charge in [0.1, 0.15) is 5.82 Å². The van der Waals surface area contributed by atoms with Gasteiger partial charge in [0, 0.05) is 58.6 Å². The fraction of sp³-hybridized carbons (Fsp3) is 0.421. The van der Waals surface area contributed by atoms with Crippen molar-refractivity contribution >= 4 is 24.0 Å². The number of hydrogen-bond donors (Lipinski definition) is 0.